The lowest BCUT2D eigenvalue weighted by atomic mass is 10.00. The van der Waals surface area contributed by atoms with Crippen LogP contribution in [-0.4, -0.2) is 121 Å². The second kappa shape index (κ2) is 20.7. The van der Waals surface area contributed by atoms with Crippen LogP contribution < -0.4 is 30.9 Å². The number of imide groups is 1. The first-order chi connectivity index (χ1) is 31.9. The zero-order chi connectivity index (χ0) is 46.4. The average Bonchev–Trinajstić information content (AvgIpc) is 3.65. The quantitative estimate of drug-likeness (QED) is 0.0528. The van der Waals surface area contributed by atoms with Crippen LogP contribution in [0.2, 0.25) is 5.02 Å². The van der Waals surface area contributed by atoms with Crippen molar-refractivity contribution < 1.29 is 23.7 Å². The first-order valence-electron chi connectivity index (χ1n) is 22.7. The summed E-state index contributed by atoms with van der Waals surface area (Å²) in [5.41, 5.74) is 4.69. The number of carbonyl (C=O) groups excluding carboxylic acids is 3. The number of amides is 3. The topological polar surface area (TPSA) is 176 Å². The highest BCUT2D eigenvalue weighted by Gasteiger charge is 2.40. The molecule has 3 saturated heterocycles. The lowest BCUT2D eigenvalue weighted by molar-refractivity contribution is -0.136. The molecule has 0 aliphatic carbocycles. The van der Waals surface area contributed by atoms with Gasteiger partial charge in [-0.05, 0) is 93.9 Å². The number of rotatable bonds is 14. The van der Waals surface area contributed by atoms with Gasteiger partial charge in [0.1, 0.15) is 24.0 Å². The van der Waals surface area contributed by atoms with E-state index in [2.05, 4.69) is 70.7 Å². The van der Waals surface area contributed by atoms with E-state index in [1.54, 1.807) is 32.6 Å². The number of halogens is 1. The molecule has 0 bridgehead atoms. The van der Waals surface area contributed by atoms with Gasteiger partial charge in [-0.2, -0.15) is 10.2 Å². The van der Waals surface area contributed by atoms with E-state index in [0.29, 0.717) is 51.0 Å². The lowest BCUT2D eigenvalue weighted by Crippen LogP contribution is -2.53. The van der Waals surface area contributed by atoms with Gasteiger partial charge < -0.3 is 34.6 Å². The second-order valence-electron chi connectivity index (χ2n) is 17.7. The summed E-state index contributed by atoms with van der Waals surface area (Å²) < 4.78 is 18.7. The number of ether oxygens (including phenoxy) is 1. The van der Waals surface area contributed by atoms with Crippen LogP contribution in [0.25, 0.3) is 0 Å². The van der Waals surface area contributed by atoms with Gasteiger partial charge in [-0.3, -0.25) is 24.6 Å². The van der Waals surface area contributed by atoms with Gasteiger partial charge in [-0.25, -0.2) is 4.98 Å². The Morgan fingerprint density at radius 2 is 1.73 bits per heavy atom. The smallest absolute Gasteiger partial charge is 0.255 e. The molecule has 3 aromatic carbocycles. The molecule has 344 valence electrons. The van der Waals surface area contributed by atoms with Crippen LogP contribution in [0.15, 0.2) is 60.8 Å². The highest BCUT2D eigenvalue weighted by Crippen LogP contribution is 2.39. The summed E-state index contributed by atoms with van der Waals surface area (Å²) in [6.07, 6.45) is 8.07. The molecule has 3 N–H and O–H groups in total. The number of anilines is 5. The van der Waals surface area contributed by atoms with E-state index in [1.807, 2.05) is 30.3 Å². The molecule has 1 aromatic heterocycles. The van der Waals surface area contributed by atoms with Crippen LogP contribution in [0.5, 0.6) is 5.75 Å². The van der Waals surface area contributed by atoms with E-state index < -0.39 is 19.1 Å². The van der Waals surface area contributed by atoms with Crippen molar-refractivity contribution in [1.29, 1.82) is 5.26 Å². The maximum Gasteiger partial charge on any atom is 0.255 e. The standard InChI is InChI=1S/C49H56ClN10O5P/c1-65-43-29-36(14-15-40(43)54-49-52-31-39(50)46(56-49)53-41-12-8-9-13-44(41)66(2,3)64)58-21-18-35(19-22-58)59-25-23-57(24-26-59)20-10-6-4-5-7-11-34-27-33(30-51)28-37-38(34)32-60(48(37)63)42-16-17-45(61)55-47(42)62/h8-9,12-15,27-29,31,35,42H,4-6,10,16-26,32H2,1-3H3,(H,55,61,62)(H2,52,53,54,56). The number of methoxy groups -OCH3 is 1. The fraction of sp³-hybridized carbons (Fsp3) is 0.429. The molecule has 4 aromatic rings. The summed E-state index contributed by atoms with van der Waals surface area (Å²) in [6.45, 7) is 11.0. The number of nitriles is 1. The minimum absolute atomic E-state index is 0.187. The van der Waals surface area contributed by atoms with Crippen molar-refractivity contribution >= 4 is 70.6 Å². The molecule has 0 spiro atoms. The summed E-state index contributed by atoms with van der Waals surface area (Å²) in [4.78, 5) is 55.7. The van der Waals surface area contributed by atoms with Crippen molar-refractivity contribution in [3.05, 3.63) is 88.1 Å². The fourth-order valence-electron chi connectivity index (χ4n) is 9.35. The molecule has 0 radical (unpaired) electrons. The van der Waals surface area contributed by atoms with Gasteiger partial charge >= 0.3 is 0 Å². The number of nitrogens with zero attached hydrogens (tertiary/aromatic N) is 7. The van der Waals surface area contributed by atoms with Gasteiger partial charge in [0, 0.05) is 92.9 Å². The zero-order valence-corrected chi connectivity index (χ0v) is 39.4. The van der Waals surface area contributed by atoms with Crippen LogP contribution in [0.1, 0.15) is 78.4 Å². The van der Waals surface area contributed by atoms with Crippen LogP contribution in [0.3, 0.4) is 0 Å². The molecule has 17 heteroatoms. The molecule has 5 heterocycles. The Hall–Kier alpha value is -5.96. The van der Waals surface area contributed by atoms with Crippen LogP contribution in [0.4, 0.5) is 28.8 Å². The predicted octanol–water partition coefficient (Wildman–Crippen LogP) is 6.70. The fourth-order valence-corrected chi connectivity index (χ4v) is 10.6. The van der Waals surface area contributed by atoms with E-state index in [4.69, 9.17) is 16.3 Å². The number of aromatic nitrogens is 2. The van der Waals surface area contributed by atoms with Crippen molar-refractivity contribution in [2.24, 2.45) is 0 Å². The third kappa shape index (κ3) is 10.8. The number of benzene rings is 3. The van der Waals surface area contributed by atoms with Gasteiger partial charge in [-0.15, -0.1) is 0 Å². The number of hydrogen-bond donors (Lipinski definition) is 3. The summed E-state index contributed by atoms with van der Waals surface area (Å²) in [6, 6.07) is 18.9. The van der Waals surface area contributed by atoms with Crippen molar-refractivity contribution in [2.75, 3.05) is 81.8 Å². The number of para-hydroxylation sites is 1. The van der Waals surface area contributed by atoms with Gasteiger partial charge in [0.05, 0.1) is 36.3 Å². The summed E-state index contributed by atoms with van der Waals surface area (Å²) in [7, 11) is -0.893. The molecule has 3 fully saturated rings. The van der Waals surface area contributed by atoms with Crippen LogP contribution in [0, 0.1) is 23.2 Å². The molecule has 8 rings (SSSR count). The largest absolute Gasteiger partial charge is 0.494 e. The third-order valence-corrected chi connectivity index (χ3v) is 14.8. The zero-order valence-electron chi connectivity index (χ0n) is 37.7. The first-order valence-corrected chi connectivity index (χ1v) is 25.7. The van der Waals surface area contributed by atoms with Gasteiger partial charge in [-0.1, -0.05) is 42.0 Å². The molecule has 3 amide bonds. The molecule has 15 nitrogen and oxygen atoms in total. The summed E-state index contributed by atoms with van der Waals surface area (Å²) >= 11 is 6.49. The number of piperidine rings is 2. The van der Waals surface area contributed by atoms with E-state index in [1.165, 1.54) is 11.1 Å². The number of nitrogens with one attached hydrogen (secondary N) is 3. The Balaban J connectivity index is 0.758. The maximum absolute atomic E-state index is 13.3. The number of fused-ring (bicyclic) bond motifs is 1. The van der Waals surface area contributed by atoms with Gasteiger partial charge in [0.25, 0.3) is 5.91 Å². The normalized spacial score (nSPS) is 18.3. The van der Waals surface area contributed by atoms with Gasteiger partial charge in [0.15, 0.2) is 5.82 Å². The van der Waals surface area contributed by atoms with Crippen molar-refractivity contribution in [3.63, 3.8) is 0 Å². The van der Waals surface area contributed by atoms with Crippen molar-refractivity contribution in [3.8, 4) is 23.7 Å². The monoisotopic (exact) mass is 930 g/mol. The van der Waals surface area contributed by atoms with E-state index in [-0.39, 0.29) is 31.2 Å². The lowest BCUT2D eigenvalue weighted by Gasteiger charge is -2.43. The Kier molecular flexibility index (Phi) is 14.6. The Bertz CT molecular complexity index is 2640. The highest BCUT2D eigenvalue weighted by molar-refractivity contribution is 7.70. The molecular formula is C49H56ClN10O5P. The minimum Gasteiger partial charge on any atom is -0.494 e. The molecule has 66 heavy (non-hydrogen) atoms. The van der Waals surface area contributed by atoms with Gasteiger partial charge in [0.2, 0.25) is 17.8 Å². The van der Waals surface area contributed by atoms with Crippen molar-refractivity contribution in [1.82, 2.24) is 30.0 Å². The molecule has 4 aliphatic rings. The van der Waals surface area contributed by atoms with E-state index in [0.717, 1.165) is 107 Å². The highest BCUT2D eigenvalue weighted by atomic mass is 35.5. The van der Waals surface area contributed by atoms with Crippen LogP contribution >= 0.6 is 18.7 Å². The molecule has 1 atom stereocenters. The number of hydrogen-bond acceptors (Lipinski definition) is 13. The Morgan fingerprint density at radius 3 is 2.47 bits per heavy atom. The minimum atomic E-state index is -2.55. The molecule has 4 aliphatic heterocycles. The Morgan fingerprint density at radius 1 is 0.939 bits per heavy atom. The second-order valence-corrected chi connectivity index (χ2v) is 21.3. The SMILES string of the molecule is COc1cc(N2CCC(N3CCN(CCCCCC#Cc4cc(C#N)cc5c4CN(C4CCC(=O)NC4=O)C5=O)CC3)CC2)ccc1Nc1ncc(Cl)c(Nc2ccccc2P(C)(C)=O)n1. The predicted molar refractivity (Wildman–Crippen MR) is 258 cm³/mol. The Labute approximate surface area is 391 Å². The molecule has 0 saturated carbocycles. The number of unbranched alkanes of at least 4 members (excludes halogenated alkanes) is 3. The maximum atomic E-state index is 13.3. The molecular weight excluding hydrogens is 875 g/mol. The summed E-state index contributed by atoms with van der Waals surface area (Å²) in [5, 5.41) is 19.6. The first kappa shape index (κ1) is 46.6. The number of piperazine rings is 1. The van der Waals surface area contributed by atoms with Crippen LogP contribution in [-0.2, 0) is 20.7 Å². The average molecular weight is 931 g/mol. The molecule has 1 unspecified atom stereocenters. The van der Waals surface area contributed by atoms with E-state index in [9.17, 15) is 24.2 Å². The van der Waals surface area contributed by atoms with E-state index >= 15 is 0 Å². The van der Waals surface area contributed by atoms with Crippen molar-refractivity contribution in [2.45, 2.75) is 70.0 Å². The number of carbonyl (C=O) groups is 3. The third-order valence-electron chi connectivity index (χ3n) is 13.0. The summed E-state index contributed by atoms with van der Waals surface area (Å²) in [5.74, 6) is 6.83.